The minimum atomic E-state index is -4.29. The molecule has 0 aliphatic heterocycles. The summed E-state index contributed by atoms with van der Waals surface area (Å²) in [5.74, 6) is -3.27. The van der Waals surface area contributed by atoms with Crippen LogP contribution in [0.15, 0.2) is 17.0 Å². The Morgan fingerprint density at radius 1 is 1.33 bits per heavy atom. The lowest BCUT2D eigenvalue weighted by atomic mass is 10.3. The number of amides is 1. The van der Waals surface area contributed by atoms with Crippen LogP contribution in [0.1, 0.15) is 0 Å². The number of nitrogens with zero attached hydrogens (tertiary/aromatic N) is 1. The zero-order chi connectivity index (χ0) is 14.1. The highest BCUT2D eigenvalue weighted by atomic mass is 32.2. The largest absolute Gasteiger partial charge is 0.396 e. The van der Waals surface area contributed by atoms with E-state index >= 15 is 0 Å². The van der Waals surface area contributed by atoms with E-state index in [1.165, 1.54) is 0 Å². The molecule has 0 saturated carbocycles. The van der Waals surface area contributed by atoms with Crippen LogP contribution < -0.4 is 11.5 Å². The Labute approximate surface area is 102 Å². The topological polar surface area (TPSA) is 106 Å². The fraction of sp³-hybridized carbons (Fsp3) is 0.222. The molecule has 18 heavy (non-hydrogen) atoms. The molecule has 4 N–H and O–H groups in total. The molecule has 0 aliphatic carbocycles. The van der Waals surface area contributed by atoms with Gasteiger partial charge in [-0.05, 0) is 6.07 Å². The molecule has 1 amide bonds. The fourth-order valence-electron chi connectivity index (χ4n) is 1.21. The summed E-state index contributed by atoms with van der Waals surface area (Å²) in [4.78, 5) is 9.82. The summed E-state index contributed by atoms with van der Waals surface area (Å²) in [7, 11) is -3.25. The summed E-state index contributed by atoms with van der Waals surface area (Å²) in [5, 5.41) is 0. The molecule has 1 aromatic rings. The summed E-state index contributed by atoms with van der Waals surface area (Å²) in [6, 6.07) is 1.01. The first-order valence-electron chi connectivity index (χ1n) is 4.65. The lowest BCUT2D eigenvalue weighted by Crippen LogP contribution is -2.35. The number of nitrogens with two attached hydrogens (primary N) is 2. The van der Waals surface area contributed by atoms with Crippen molar-refractivity contribution in [3.05, 3.63) is 23.8 Å². The summed E-state index contributed by atoms with van der Waals surface area (Å²) in [6.45, 7) is -0.626. The van der Waals surface area contributed by atoms with Gasteiger partial charge in [-0.1, -0.05) is 0 Å². The van der Waals surface area contributed by atoms with Gasteiger partial charge in [0.1, 0.15) is 16.5 Å². The summed E-state index contributed by atoms with van der Waals surface area (Å²) in [6.07, 6.45) is 0. The number of rotatable bonds is 4. The number of nitrogen functional groups attached to an aromatic ring is 1. The van der Waals surface area contributed by atoms with Crippen LogP contribution in [-0.4, -0.2) is 32.2 Å². The number of carbonyl (C=O) groups is 1. The van der Waals surface area contributed by atoms with Crippen LogP contribution in [-0.2, 0) is 14.8 Å². The van der Waals surface area contributed by atoms with Crippen molar-refractivity contribution in [1.29, 1.82) is 0 Å². The van der Waals surface area contributed by atoms with Crippen LogP contribution >= 0.6 is 0 Å². The lowest BCUT2D eigenvalue weighted by molar-refractivity contribution is -0.118. The van der Waals surface area contributed by atoms with Crippen LogP contribution in [0.3, 0.4) is 0 Å². The Hall–Kier alpha value is -1.74. The van der Waals surface area contributed by atoms with Crippen molar-refractivity contribution < 1.29 is 22.0 Å². The summed E-state index contributed by atoms with van der Waals surface area (Å²) >= 11 is 0. The molecule has 0 spiro atoms. The molecule has 0 aromatic heterocycles. The number of sulfonamides is 1. The maximum atomic E-state index is 13.4. The third-order valence-corrected chi connectivity index (χ3v) is 3.94. The Morgan fingerprint density at radius 3 is 2.39 bits per heavy atom. The number of hydrogen-bond donors (Lipinski definition) is 2. The van der Waals surface area contributed by atoms with E-state index in [4.69, 9.17) is 11.5 Å². The van der Waals surface area contributed by atoms with Crippen molar-refractivity contribution in [1.82, 2.24) is 4.31 Å². The van der Waals surface area contributed by atoms with E-state index in [1.807, 2.05) is 0 Å². The lowest BCUT2D eigenvalue weighted by Gasteiger charge is -2.16. The van der Waals surface area contributed by atoms with Crippen molar-refractivity contribution >= 4 is 21.6 Å². The second-order valence-corrected chi connectivity index (χ2v) is 5.54. The Kier molecular flexibility index (Phi) is 3.87. The maximum Gasteiger partial charge on any atom is 0.246 e. The fourth-order valence-corrected chi connectivity index (χ4v) is 2.43. The molecule has 0 radical (unpaired) electrons. The molecule has 0 aliphatic rings. The molecule has 6 nitrogen and oxygen atoms in total. The molecule has 0 saturated heterocycles. The average Bonchev–Trinajstić information content (AvgIpc) is 2.22. The first-order valence-corrected chi connectivity index (χ1v) is 6.09. The third-order valence-electron chi connectivity index (χ3n) is 2.12. The Balaban J connectivity index is 3.29. The second-order valence-electron chi connectivity index (χ2n) is 3.53. The molecule has 0 atom stereocenters. The highest BCUT2D eigenvalue weighted by molar-refractivity contribution is 7.89. The van der Waals surface area contributed by atoms with Gasteiger partial charge in [-0.25, -0.2) is 17.2 Å². The standard InChI is InChI=1S/C9H11F2N3O3S/c1-14(4-9(13)15)18(16,17)8-3-7(12)5(10)2-6(8)11/h2-3H,4,12H2,1H3,(H2,13,15). The van der Waals surface area contributed by atoms with E-state index in [2.05, 4.69) is 0 Å². The molecule has 1 rings (SSSR count). The molecule has 0 unspecified atom stereocenters. The normalized spacial score (nSPS) is 11.8. The summed E-state index contributed by atoms with van der Waals surface area (Å²) < 4.78 is 50.6. The predicted molar refractivity (Wildman–Crippen MR) is 59.8 cm³/mol. The minimum Gasteiger partial charge on any atom is -0.396 e. The molecular formula is C9H11F2N3O3S. The van der Waals surface area contributed by atoms with Crippen molar-refractivity contribution in [3.63, 3.8) is 0 Å². The maximum absolute atomic E-state index is 13.4. The van der Waals surface area contributed by atoms with E-state index < -0.39 is 44.7 Å². The minimum absolute atomic E-state index is 0.361. The van der Waals surface area contributed by atoms with Crippen molar-refractivity contribution in [2.45, 2.75) is 4.90 Å². The quantitative estimate of drug-likeness (QED) is 0.735. The Bertz CT molecular complexity index is 589. The molecule has 0 fully saturated rings. The van der Waals surface area contributed by atoms with E-state index in [1.54, 1.807) is 0 Å². The number of primary amides is 1. The summed E-state index contributed by atoms with van der Waals surface area (Å²) in [5.41, 5.74) is 9.50. The third kappa shape index (κ3) is 2.74. The number of carbonyl (C=O) groups excluding carboxylic acids is 1. The monoisotopic (exact) mass is 279 g/mol. The van der Waals surface area contributed by atoms with Gasteiger partial charge < -0.3 is 11.5 Å². The number of hydrogen-bond acceptors (Lipinski definition) is 4. The molecule has 0 heterocycles. The van der Waals surface area contributed by atoms with Gasteiger partial charge in [0.15, 0.2) is 0 Å². The first kappa shape index (κ1) is 14.3. The van der Waals surface area contributed by atoms with E-state index in [-0.39, 0.29) is 0 Å². The van der Waals surface area contributed by atoms with Crippen molar-refractivity contribution in [2.75, 3.05) is 19.3 Å². The number of likely N-dealkylation sites (N-methyl/N-ethyl adjacent to an activating group) is 1. The van der Waals surface area contributed by atoms with Crippen LogP contribution in [0.25, 0.3) is 0 Å². The molecular weight excluding hydrogens is 268 g/mol. The van der Waals surface area contributed by atoms with E-state index in [0.717, 1.165) is 7.05 Å². The van der Waals surface area contributed by atoms with Crippen molar-refractivity contribution in [2.24, 2.45) is 5.73 Å². The van der Waals surface area contributed by atoms with Crippen molar-refractivity contribution in [3.8, 4) is 0 Å². The molecule has 9 heteroatoms. The van der Waals surface area contributed by atoms with E-state index in [0.29, 0.717) is 16.4 Å². The number of anilines is 1. The smallest absolute Gasteiger partial charge is 0.246 e. The Morgan fingerprint density at radius 2 is 1.89 bits per heavy atom. The van der Waals surface area contributed by atoms with Gasteiger partial charge in [0.2, 0.25) is 15.9 Å². The van der Waals surface area contributed by atoms with Crippen LogP contribution in [0.5, 0.6) is 0 Å². The van der Waals surface area contributed by atoms with Gasteiger partial charge >= 0.3 is 0 Å². The zero-order valence-electron chi connectivity index (χ0n) is 9.35. The van der Waals surface area contributed by atoms with Gasteiger partial charge in [-0.3, -0.25) is 4.79 Å². The molecule has 1 aromatic carbocycles. The van der Waals surface area contributed by atoms with Gasteiger partial charge in [-0.15, -0.1) is 0 Å². The van der Waals surface area contributed by atoms with Crippen LogP contribution in [0, 0.1) is 11.6 Å². The predicted octanol–water partition coefficient (Wildman–Crippen LogP) is -0.347. The van der Waals surface area contributed by atoms with Gasteiger partial charge in [0, 0.05) is 13.1 Å². The highest BCUT2D eigenvalue weighted by Crippen LogP contribution is 2.23. The zero-order valence-corrected chi connectivity index (χ0v) is 10.2. The second kappa shape index (κ2) is 4.86. The van der Waals surface area contributed by atoms with E-state index in [9.17, 15) is 22.0 Å². The van der Waals surface area contributed by atoms with Crippen LogP contribution in [0.2, 0.25) is 0 Å². The van der Waals surface area contributed by atoms with Gasteiger partial charge in [0.25, 0.3) is 0 Å². The van der Waals surface area contributed by atoms with Crippen LogP contribution in [0.4, 0.5) is 14.5 Å². The molecule has 100 valence electrons. The van der Waals surface area contributed by atoms with Gasteiger partial charge in [0.05, 0.1) is 12.2 Å². The SMILES string of the molecule is CN(CC(N)=O)S(=O)(=O)c1cc(N)c(F)cc1F. The van der Waals surface area contributed by atoms with Gasteiger partial charge in [-0.2, -0.15) is 4.31 Å². The number of halogens is 2. The molecule has 0 bridgehead atoms. The highest BCUT2D eigenvalue weighted by Gasteiger charge is 2.26. The first-order chi connectivity index (χ1) is 8.16. The average molecular weight is 279 g/mol. The number of benzene rings is 1.